The van der Waals surface area contributed by atoms with Crippen molar-refractivity contribution in [3.63, 3.8) is 0 Å². The molecule has 2 aromatic rings. The Morgan fingerprint density at radius 1 is 1.14 bits per heavy atom. The van der Waals surface area contributed by atoms with Crippen LogP contribution in [-0.4, -0.2) is 35.2 Å². The van der Waals surface area contributed by atoms with Crippen LogP contribution in [0, 0.1) is 13.8 Å². The highest BCUT2D eigenvalue weighted by molar-refractivity contribution is 9.10. The predicted octanol–water partition coefficient (Wildman–Crippen LogP) is 5.85. The number of amidine groups is 1. The highest BCUT2D eigenvalue weighted by atomic mass is 79.9. The number of fused-ring (bicyclic) bond motifs is 1. The van der Waals surface area contributed by atoms with Crippen LogP contribution >= 0.6 is 27.7 Å². The fraction of sp³-hybridized carbons (Fsp3) is 0.269. The Bertz CT molecular complexity index is 1250. The van der Waals surface area contributed by atoms with Gasteiger partial charge in [0.15, 0.2) is 11.8 Å². The van der Waals surface area contributed by atoms with E-state index in [1.54, 1.807) is 19.9 Å². The van der Waals surface area contributed by atoms with E-state index >= 15 is 0 Å². The number of thioether (sulfide) groups is 1. The minimum absolute atomic E-state index is 0.183. The van der Waals surface area contributed by atoms with Crippen molar-refractivity contribution in [2.75, 3.05) is 18.5 Å². The Balaban J connectivity index is 1.63. The molecule has 0 unspecified atom stereocenters. The average molecular weight is 556 g/mol. The molecule has 0 saturated carbocycles. The van der Waals surface area contributed by atoms with Gasteiger partial charge in [0.25, 0.3) is 5.91 Å². The molecule has 0 radical (unpaired) electrons. The van der Waals surface area contributed by atoms with Crippen LogP contribution in [0.25, 0.3) is 0 Å². The van der Waals surface area contributed by atoms with Crippen LogP contribution in [-0.2, 0) is 14.3 Å². The molecule has 7 nitrogen and oxygen atoms in total. The van der Waals surface area contributed by atoms with E-state index in [1.807, 2.05) is 60.7 Å². The summed E-state index contributed by atoms with van der Waals surface area (Å²) < 4.78 is 12.2. The molecule has 0 aromatic heterocycles. The van der Waals surface area contributed by atoms with Gasteiger partial charge in [-0.3, -0.25) is 4.79 Å². The molecular weight excluding hydrogens is 530 g/mol. The summed E-state index contributed by atoms with van der Waals surface area (Å²) >= 11 is 5.02. The number of carbonyl (C=O) groups is 2. The summed E-state index contributed by atoms with van der Waals surface area (Å²) in [5.41, 5.74) is 4.61. The van der Waals surface area contributed by atoms with E-state index in [-0.39, 0.29) is 19.1 Å². The average Bonchev–Trinajstić information content (AvgIpc) is 3.24. The first-order chi connectivity index (χ1) is 16.8. The van der Waals surface area contributed by atoms with Crippen LogP contribution in [0.2, 0.25) is 0 Å². The van der Waals surface area contributed by atoms with Crippen molar-refractivity contribution in [2.45, 2.75) is 33.7 Å². The van der Waals surface area contributed by atoms with Crippen LogP contribution in [0.1, 0.15) is 36.6 Å². The molecule has 0 aliphatic carbocycles. The molecular formula is C26H26BrN3O4S. The van der Waals surface area contributed by atoms with Crippen molar-refractivity contribution >= 4 is 50.4 Å². The van der Waals surface area contributed by atoms with Gasteiger partial charge in [-0.2, -0.15) is 0 Å². The normalized spacial score (nSPS) is 16.7. The third kappa shape index (κ3) is 5.62. The topological polar surface area (TPSA) is 80.2 Å². The molecule has 1 N–H and O–H groups in total. The van der Waals surface area contributed by atoms with E-state index in [0.29, 0.717) is 17.0 Å². The first-order valence-corrected chi connectivity index (χ1v) is 12.8. The molecule has 4 rings (SSSR count). The van der Waals surface area contributed by atoms with E-state index in [2.05, 4.69) is 26.2 Å². The molecule has 0 spiro atoms. The summed E-state index contributed by atoms with van der Waals surface area (Å²) in [5.74, 6) is -0.208. The van der Waals surface area contributed by atoms with Crippen LogP contribution in [0.5, 0.6) is 5.75 Å². The lowest BCUT2D eigenvalue weighted by Crippen LogP contribution is -2.34. The number of ether oxygens (including phenoxy) is 2. The fourth-order valence-corrected chi connectivity index (χ4v) is 5.30. The molecule has 9 heteroatoms. The second kappa shape index (κ2) is 10.7. The third-order valence-corrected chi connectivity index (χ3v) is 6.71. The fourth-order valence-electron chi connectivity index (χ4n) is 4.13. The second-order valence-electron chi connectivity index (χ2n) is 8.22. The standard InChI is InChI=1S/C26H26BrN3O4S/c1-5-33-25(32)23-17(4)28-26-30(8-9-35-26)24(23)20-13-18(27)6-7-21(20)34-14-22(31)29-19-11-15(2)10-16(3)12-19/h6-13,24H,5,14H2,1-4H3,(H,29,31)/t24-/m0/s1. The number of aryl methyl sites for hydroxylation is 2. The maximum atomic E-state index is 13.0. The smallest absolute Gasteiger partial charge is 0.338 e. The van der Waals surface area contributed by atoms with Gasteiger partial charge in [-0.15, -0.1) is 0 Å². The maximum Gasteiger partial charge on any atom is 0.338 e. The van der Waals surface area contributed by atoms with Crippen molar-refractivity contribution < 1.29 is 19.1 Å². The molecule has 2 heterocycles. The Labute approximate surface area is 217 Å². The monoisotopic (exact) mass is 555 g/mol. The summed E-state index contributed by atoms with van der Waals surface area (Å²) in [4.78, 5) is 32.2. The molecule has 0 saturated heterocycles. The number of carbonyl (C=O) groups excluding carboxylic acids is 2. The highest BCUT2D eigenvalue weighted by Gasteiger charge is 2.39. The SMILES string of the molecule is CCOC(=O)C1=C(C)N=C2SC=CN2[C@H]1c1cc(Br)ccc1OCC(=O)Nc1cc(C)cc(C)c1. The summed E-state index contributed by atoms with van der Waals surface area (Å²) in [7, 11) is 0. The first kappa shape index (κ1) is 25.1. The van der Waals surface area contributed by atoms with Gasteiger partial charge < -0.3 is 19.7 Å². The van der Waals surface area contributed by atoms with Gasteiger partial charge in [0.05, 0.1) is 23.9 Å². The number of aliphatic imine (C=N–C) groups is 1. The summed E-state index contributed by atoms with van der Waals surface area (Å²) in [6.07, 6.45) is 1.89. The predicted molar refractivity (Wildman–Crippen MR) is 142 cm³/mol. The minimum Gasteiger partial charge on any atom is -0.483 e. The van der Waals surface area contributed by atoms with Crippen LogP contribution in [0.3, 0.4) is 0 Å². The van der Waals surface area contributed by atoms with E-state index in [4.69, 9.17) is 9.47 Å². The Hall–Kier alpha value is -3.04. The number of hydrogen-bond acceptors (Lipinski definition) is 7. The number of hydrogen-bond donors (Lipinski definition) is 1. The van der Waals surface area contributed by atoms with Crippen molar-refractivity contribution in [1.29, 1.82) is 0 Å². The number of allylic oxidation sites excluding steroid dienone is 1. The van der Waals surface area contributed by atoms with E-state index in [0.717, 1.165) is 32.0 Å². The Morgan fingerprint density at radius 2 is 1.89 bits per heavy atom. The van der Waals surface area contributed by atoms with E-state index in [1.165, 1.54) is 11.8 Å². The molecule has 0 bridgehead atoms. The molecule has 0 fully saturated rings. The van der Waals surface area contributed by atoms with Gasteiger partial charge in [0.1, 0.15) is 5.75 Å². The molecule has 2 aromatic carbocycles. The lowest BCUT2D eigenvalue weighted by Gasteiger charge is -2.34. The largest absolute Gasteiger partial charge is 0.483 e. The second-order valence-corrected chi connectivity index (χ2v) is 10.0. The van der Waals surface area contributed by atoms with Crippen LogP contribution in [0.15, 0.2) is 68.7 Å². The maximum absolute atomic E-state index is 13.0. The first-order valence-electron chi connectivity index (χ1n) is 11.2. The van der Waals surface area contributed by atoms with Gasteiger partial charge in [0, 0.05) is 21.9 Å². The molecule has 35 heavy (non-hydrogen) atoms. The van der Waals surface area contributed by atoms with Crippen molar-refractivity contribution in [3.05, 3.63) is 80.4 Å². The number of anilines is 1. The molecule has 2 aliphatic rings. The third-order valence-electron chi connectivity index (χ3n) is 5.45. The zero-order chi connectivity index (χ0) is 25.1. The molecule has 1 amide bonds. The zero-order valence-electron chi connectivity index (χ0n) is 19.9. The number of nitrogens with zero attached hydrogens (tertiary/aromatic N) is 2. The number of esters is 1. The van der Waals surface area contributed by atoms with Crippen molar-refractivity contribution in [3.8, 4) is 5.75 Å². The van der Waals surface area contributed by atoms with Crippen LogP contribution < -0.4 is 10.1 Å². The number of amides is 1. The summed E-state index contributed by atoms with van der Waals surface area (Å²) in [6.45, 7) is 7.61. The van der Waals surface area contributed by atoms with Gasteiger partial charge in [-0.25, -0.2) is 9.79 Å². The number of nitrogens with one attached hydrogen (secondary N) is 1. The van der Waals surface area contributed by atoms with Gasteiger partial charge >= 0.3 is 5.97 Å². The number of halogens is 1. The van der Waals surface area contributed by atoms with E-state index in [9.17, 15) is 9.59 Å². The Kier molecular flexibility index (Phi) is 7.66. The summed E-state index contributed by atoms with van der Waals surface area (Å²) in [6, 6.07) is 10.9. The molecule has 182 valence electrons. The summed E-state index contributed by atoms with van der Waals surface area (Å²) in [5, 5.41) is 5.57. The van der Waals surface area contributed by atoms with Crippen molar-refractivity contribution in [2.24, 2.45) is 4.99 Å². The number of rotatable bonds is 7. The van der Waals surface area contributed by atoms with Gasteiger partial charge in [0.2, 0.25) is 0 Å². The van der Waals surface area contributed by atoms with Gasteiger partial charge in [-0.1, -0.05) is 33.8 Å². The minimum atomic E-state index is -0.511. The number of benzene rings is 2. The Morgan fingerprint density at radius 3 is 2.60 bits per heavy atom. The lowest BCUT2D eigenvalue weighted by atomic mass is 9.94. The molecule has 2 aliphatic heterocycles. The zero-order valence-corrected chi connectivity index (χ0v) is 22.3. The molecule has 1 atom stereocenters. The van der Waals surface area contributed by atoms with Gasteiger partial charge in [-0.05, 0) is 74.6 Å². The van der Waals surface area contributed by atoms with Crippen molar-refractivity contribution in [1.82, 2.24) is 4.90 Å². The van der Waals surface area contributed by atoms with E-state index < -0.39 is 12.0 Å². The highest BCUT2D eigenvalue weighted by Crippen LogP contribution is 2.44. The lowest BCUT2D eigenvalue weighted by molar-refractivity contribution is -0.139. The van der Waals surface area contributed by atoms with Crippen LogP contribution in [0.4, 0.5) is 5.69 Å². The quantitative estimate of drug-likeness (QED) is 0.431.